The number of thioether (sulfide) groups is 1. The lowest BCUT2D eigenvalue weighted by molar-refractivity contribution is -0.128. The maximum Gasteiger partial charge on any atom is 0.233 e. The lowest BCUT2D eigenvalue weighted by atomic mass is 10.1. The van der Waals surface area contributed by atoms with Crippen molar-refractivity contribution in [1.82, 2.24) is 19.7 Å². The molecule has 0 fully saturated rings. The van der Waals surface area contributed by atoms with Gasteiger partial charge in [0.05, 0.1) is 11.8 Å². The maximum atomic E-state index is 12.8. The van der Waals surface area contributed by atoms with Gasteiger partial charge in [-0.3, -0.25) is 9.36 Å². The summed E-state index contributed by atoms with van der Waals surface area (Å²) in [5.74, 6) is 1.80. The topological polar surface area (TPSA) is 60.2 Å². The van der Waals surface area contributed by atoms with Gasteiger partial charge in [-0.05, 0) is 37.1 Å². The zero-order chi connectivity index (χ0) is 22.2. The normalized spacial score (nSPS) is 11.7. The Labute approximate surface area is 187 Å². The van der Waals surface area contributed by atoms with Gasteiger partial charge in [-0.1, -0.05) is 60.3 Å². The van der Waals surface area contributed by atoms with Crippen LogP contribution in [0.2, 0.25) is 0 Å². The first-order valence-corrected chi connectivity index (χ1v) is 11.1. The highest BCUT2D eigenvalue weighted by atomic mass is 32.2. The Bertz CT molecular complexity index is 1020. The first-order chi connectivity index (χ1) is 15.0. The Kier molecular flexibility index (Phi) is 7.89. The maximum absolute atomic E-state index is 12.8. The van der Waals surface area contributed by atoms with Gasteiger partial charge >= 0.3 is 0 Å². The van der Waals surface area contributed by atoms with Gasteiger partial charge in [-0.2, -0.15) is 0 Å². The molecule has 1 atom stereocenters. The SMILES string of the molecule is C=CCn1c(COc2cccc(C)c2)nnc1SCC(=O)N(C)C(C)c1ccccc1. The molecule has 0 aliphatic carbocycles. The van der Waals surface area contributed by atoms with E-state index in [0.29, 0.717) is 24.1 Å². The molecule has 3 aromatic rings. The number of aryl methyl sites for hydroxylation is 1. The molecule has 0 saturated carbocycles. The van der Waals surface area contributed by atoms with Crippen molar-refractivity contribution in [3.8, 4) is 5.75 Å². The molecule has 0 spiro atoms. The summed E-state index contributed by atoms with van der Waals surface area (Å²) in [7, 11) is 1.83. The van der Waals surface area contributed by atoms with Crippen molar-refractivity contribution in [1.29, 1.82) is 0 Å². The third-order valence-corrected chi connectivity index (χ3v) is 6.00. The number of nitrogens with zero attached hydrogens (tertiary/aromatic N) is 4. The molecule has 1 aromatic heterocycles. The second kappa shape index (κ2) is 10.8. The van der Waals surface area contributed by atoms with Crippen LogP contribution in [0.5, 0.6) is 5.75 Å². The van der Waals surface area contributed by atoms with Gasteiger partial charge < -0.3 is 9.64 Å². The van der Waals surface area contributed by atoms with E-state index in [-0.39, 0.29) is 17.7 Å². The lowest BCUT2D eigenvalue weighted by Gasteiger charge is -2.25. The van der Waals surface area contributed by atoms with E-state index >= 15 is 0 Å². The van der Waals surface area contributed by atoms with E-state index < -0.39 is 0 Å². The molecule has 0 N–H and O–H groups in total. The Morgan fingerprint density at radius 1 is 1.23 bits per heavy atom. The predicted octanol–water partition coefficient (Wildman–Crippen LogP) is 4.66. The summed E-state index contributed by atoms with van der Waals surface area (Å²) >= 11 is 1.38. The van der Waals surface area contributed by atoms with Crippen LogP contribution in [0.25, 0.3) is 0 Å². The van der Waals surface area contributed by atoms with Crippen molar-refractivity contribution in [2.24, 2.45) is 0 Å². The molecule has 0 bridgehead atoms. The van der Waals surface area contributed by atoms with Gasteiger partial charge in [0.2, 0.25) is 5.91 Å². The standard InChI is InChI=1S/C24H28N4O2S/c1-5-14-28-22(16-30-21-13-9-10-18(2)15-21)25-26-24(28)31-17-23(29)27(4)19(3)20-11-7-6-8-12-20/h5-13,15,19H,1,14,16-17H2,2-4H3. The van der Waals surface area contributed by atoms with Gasteiger partial charge in [0.1, 0.15) is 12.4 Å². The predicted molar refractivity (Wildman–Crippen MR) is 124 cm³/mol. The Morgan fingerprint density at radius 3 is 2.71 bits per heavy atom. The van der Waals surface area contributed by atoms with Crippen LogP contribution in [0, 0.1) is 6.92 Å². The summed E-state index contributed by atoms with van der Waals surface area (Å²) in [4.78, 5) is 14.5. The summed E-state index contributed by atoms with van der Waals surface area (Å²) in [6, 6.07) is 17.9. The van der Waals surface area contributed by atoms with Crippen LogP contribution < -0.4 is 4.74 Å². The van der Waals surface area contributed by atoms with E-state index in [2.05, 4.69) is 16.8 Å². The molecular formula is C24H28N4O2S. The average Bonchev–Trinajstić information content (AvgIpc) is 3.17. The van der Waals surface area contributed by atoms with E-state index in [1.165, 1.54) is 11.8 Å². The van der Waals surface area contributed by atoms with Crippen LogP contribution in [-0.4, -0.2) is 38.4 Å². The summed E-state index contributed by atoms with van der Waals surface area (Å²) < 4.78 is 7.81. The largest absolute Gasteiger partial charge is 0.486 e. The Balaban J connectivity index is 1.63. The molecule has 3 rings (SSSR count). The van der Waals surface area contributed by atoms with E-state index in [1.807, 2.05) is 80.1 Å². The van der Waals surface area contributed by atoms with Gasteiger partial charge in [-0.15, -0.1) is 16.8 Å². The van der Waals surface area contributed by atoms with Crippen LogP contribution in [0.1, 0.15) is 29.9 Å². The fraction of sp³-hybridized carbons (Fsp3) is 0.292. The minimum atomic E-state index is -0.00126. The fourth-order valence-corrected chi connectivity index (χ4v) is 3.99. The van der Waals surface area contributed by atoms with Crippen LogP contribution >= 0.6 is 11.8 Å². The molecule has 162 valence electrons. The third kappa shape index (κ3) is 5.98. The van der Waals surface area contributed by atoms with Crippen molar-refractivity contribution in [3.63, 3.8) is 0 Å². The molecule has 1 unspecified atom stereocenters. The van der Waals surface area contributed by atoms with Crippen LogP contribution in [0.15, 0.2) is 72.4 Å². The Hall–Kier alpha value is -3.06. The average molecular weight is 437 g/mol. The molecular weight excluding hydrogens is 408 g/mol. The first-order valence-electron chi connectivity index (χ1n) is 10.2. The van der Waals surface area contributed by atoms with E-state index in [4.69, 9.17) is 4.74 Å². The molecule has 1 heterocycles. The molecule has 2 aromatic carbocycles. The van der Waals surface area contributed by atoms with Gasteiger partial charge in [0.15, 0.2) is 11.0 Å². The number of benzene rings is 2. The van der Waals surface area contributed by atoms with Crippen molar-refractivity contribution in [2.75, 3.05) is 12.8 Å². The second-order valence-corrected chi connectivity index (χ2v) is 8.23. The first kappa shape index (κ1) is 22.6. The minimum Gasteiger partial charge on any atom is -0.486 e. The highest BCUT2D eigenvalue weighted by Gasteiger charge is 2.19. The third-order valence-electron chi connectivity index (χ3n) is 5.04. The quantitative estimate of drug-likeness (QED) is 0.342. The van der Waals surface area contributed by atoms with E-state index in [9.17, 15) is 4.79 Å². The highest BCUT2D eigenvalue weighted by molar-refractivity contribution is 7.99. The second-order valence-electron chi connectivity index (χ2n) is 7.28. The van der Waals surface area contributed by atoms with Gasteiger partial charge in [0, 0.05) is 13.6 Å². The number of carbonyl (C=O) groups is 1. The zero-order valence-electron chi connectivity index (χ0n) is 18.2. The van der Waals surface area contributed by atoms with Crippen LogP contribution in [0.3, 0.4) is 0 Å². The van der Waals surface area contributed by atoms with Gasteiger partial charge in [0.25, 0.3) is 0 Å². The number of hydrogen-bond donors (Lipinski definition) is 0. The number of rotatable bonds is 10. The smallest absolute Gasteiger partial charge is 0.233 e. The van der Waals surface area contributed by atoms with Crippen LogP contribution in [-0.2, 0) is 17.9 Å². The fourth-order valence-electron chi connectivity index (χ4n) is 3.10. The number of carbonyl (C=O) groups excluding carboxylic acids is 1. The van der Waals surface area contributed by atoms with Crippen molar-refractivity contribution in [2.45, 2.75) is 38.2 Å². The molecule has 7 heteroatoms. The number of allylic oxidation sites excluding steroid dienone is 1. The van der Waals surface area contributed by atoms with Crippen LogP contribution in [0.4, 0.5) is 0 Å². The molecule has 31 heavy (non-hydrogen) atoms. The number of ether oxygens (including phenoxy) is 1. The highest BCUT2D eigenvalue weighted by Crippen LogP contribution is 2.23. The number of hydrogen-bond acceptors (Lipinski definition) is 5. The molecule has 1 amide bonds. The Morgan fingerprint density at radius 2 is 2.00 bits per heavy atom. The summed E-state index contributed by atoms with van der Waals surface area (Å²) in [6.07, 6.45) is 1.79. The minimum absolute atomic E-state index is 0.00126. The summed E-state index contributed by atoms with van der Waals surface area (Å²) in [5, 5.41) is 9.23. The summed E-state index contributed by atoms with van der Waals surface area (Å²) in [6.45, 7) is 8.72. The lowest BCUT2D eigenvalue weighted by Crippen LogP contribution is -2.31. The number of amides is 1. The van der Waals surface area contributed by atoms with Gasteiger partial charge in [-0.25, -0.2) is 0 Å². The van der Waals surface area contributed by atoms with E-state index in [0.717, 1.165) is 16.9 Å². The van der Waals surface area contributed by atoms with Crippen molar-refractivity contribution in [3.05, 3.63) is 84.2 Å². The van der Waals surface area contributed by atoms with Crippen molar-refractivity contribution < 1.29 is 9.53 Å². The van der Waals surface area contributed by atoms with E-state index in [1.54, 1.807) is 11.0 Å². The molecule has 0 radical (unpaired) electrons. The molecule has 0 saturated heterocycles. The number of aromatic nitrogens is 3. The summed E-state index contributed by atoms with van der Waals surface area (Å²) in [5.41, 5.74) is 2.24. The molecule has 6 nitrogen and oxygen atoms in total. The van der Waals surface area contributed by atoms with Crippen molar-refractivity contribution >= 4 is 17.7 Å². The zero-order valence-corrected chi connectivity index (χ0v) is 19.0. The molecule has 0 aliphatic heterocycles. The molecule has 0 aliphatic rings. The monoisotopic (exact) mass is 436 g/mol.